The van der Waals surface area contributed by atoms with Crippen LogP contribution in [0.25, 0.3) is 10.9 Å². The lowest BCUT2D eigenvalue weighted by molar-refractivity contribution is -0.382. The Morgan fingerprint density at radius 2 is 2.20 bits per heavy atom. The third-order valence-corrected chi connectivity index (χ3v) is 3.85. The first-order valence-corrected chi connectivity index (χ1v) is 6.71. The highest BCUT2D eigenvalue weighted by molar-refractivity contribution is 5.94. The van der Waals surface area contributed by atoms with Gasteiger partial charge in [0.2, 0.25) is 0 Å². The molecule has 2 unspecified atom stereocenters. The molecule has 2 aromatic rings. The Morgan fingerprint density at radius 1 is 1.35 bits per heavy atom. The molecule has 0 radical (unpaired) electrons. The predicted molar refractivity (Wildman–Crippen MR) is 77.6 cm³/mol. The van der Waals surface area contributed by atoms with Gasteiger partial charge in [0, 0.05) is 18.3 Å². The minimum atomic E-state index is -0.354. The van der Waals surface area contributed by atoms with Crippen molar-refractivity contribution in [1.29, 1.82) is 0 Å². The second kappa shape index (κ2) is 5.05. The van der Waals surface area contributed by atoms with E-state index in [0.29, 0.717) is 16.6 Å². The first-order chi connectivity index (χ1) is 9.66. The first kappa shape index (κ1) is 12.8. The van der Waals surface area contributed by atoms with Gasteiger partial charge >= 0.3 is 5.69 Å². The van der Waals surface area contributed by atoms with Crippen molar-refractivity contribution in [1.82, 2.24) is 4.98 Å². The van der Waals surface area contributed by atoms with E-state index in [1.807, 2.05) is 0 Å². The number of nitrogens with two attached hydrogens (primary N) is 1. The Morgan fingerprint density at radius 3 is 2.90 bits per heavy atom. The second-order valence-corrected chi connectivity index (χ2v) is 5.13. The van der Waals surface area contributed by atoms with Crippen LogP contribution in [0, 0.1) is 10.1 Å². The average molecular weight is 272 g/mol. The number of fused-ring (bicyclic) bond motifs is 1. The molecule has 3 N–H and O–H groups in total. The first-order valence-electron chi connectivity index (χ1n) is 6.71. The summed E-state index contributed by atoms with van der Waals surface area (Å²) >= 11 is 0. The van der Waals surface area contributed by atoms with Crippen LogP contribution in [0.1, 0.15) is 19.3 Å². The molecule has 1 aliphatic carbocycles. The SMILES string of the molecule is NC1CCCC1Nc1ccc2ncccc2c1[N+](=O)[O-]. The van der Waals surface area contributed by atoms with Gasteiger partial charge < -0.3 is 11.1 Å². The van der Waals surface area contributed by atoms with Crippen molar-refractivity contribution in [3.8, 4) is 0 Å². The number of hydrogen-bond donors (Lipinski definition) is 2. The molecule has 6 heteroatoms. The van der Waals surface area contributed by atoms with Crippen LogP contribution in [-0.4, -0.2) is 22.0 Å². The van der Waals surface area contributed by atoms with Gasteiger partial charge in [-0.1, -0.05) is 0 Å². The number of rotatable bonds is 3. The highest BCUT2D eigenvalue weighted by Gasteiger charge is 2.27. The van der Waals surface area contributed by atoms with Crippen molar-refractivity contribution in [3.05, 3.63) is 40.6 Å². The maximum absolute atomic E-state index is 11.4. The summed E-state index contributed by atoms with van der Waals surface area (Å²) in [6, 6.07) is 7.10. The minimum Gasteiger partial charge on any atom is -0.375 e. The zero-order chi connectivity index (χ0) is 14.1. The standard InChI is InChI=1S/C14H16N4O2/c15-10-4-1-5-12(10)17-13-7-6-11-9(3-2-8-16-11)14(13)18(19)20/h2-3,6-8,10,12,17H,1,4-5,15H2. The number of nitro groups is 1. The normalized spacial score (nSPS) is 22.1. The number of nitrogens with zero attached hydrogens (tertiary/aromatic N) is 2. The summed E-state index contributed by atoms with van der Waals surface area (Å²) in [6.07, 6.45) is 4.60. The van der Waals surface area contributed by atoms with E-state index in [4.69, 9.17) is 5.73 Å². The summed E-state index contributed by atoms with van der Waals surface area (Å²) < 4.78 is 0. The molecule has 1 aromatic heterocycles. The van der Waals surface area contributed by atoms with E-state index in [-0.39, 0.29) is 22.7 Å². The van der Waals surface area contributed by atoms with E-state index in [0.717, 1.165) is 19.3 Å². The Bertz CT molecular complexity index is 659. The van der Waals surface area contributed by atoms with Crippen molar-refractivity contribution in [2.24, 2.45) is 5.73 Å². The van der Waals surface area contributed by atoms with Gasteiger partial charge in [-0.2, -0.15) is 0 Å². The molecular weight excluding hydrogens is 256 g/mol. The van der Waals surface area contributed by atoms with E-state index in [1.54, 1.807) is 30.5 Å². The molecule has 1 heterocycles. The molecule has 1 saturated carbocycles. The van der Waals surface area contributed by atoms with E-state index in [2.05, 4.69) is 10.3 Å². The van der Waals surface area contributed by atoms with Gasteiger partial charge in [-0.15, -0.1) is 0 Å². The number of nitro benzene ring substituents is 1. The van der Waals surface area contributed by atoms with Crippen LogP contribution in [0.15, 0.2) is 30.5 Å². The Kier molecular flexibility index (Phi) is 3.23. The minimum absolute atomic E-state index is 0.0548. The van der Waals surface area contributed by atoms with E-state index in [9.17, 15) is 10.1 Å². The molecule has 0 saturated heterocycles. The van der Waals surface area contributed by atoms with E-state index >= 15 is 0 Å². The van der Waals surface area contributed by atoms with Crippen molar-refractivity contribution in [2.45, 2.75) is 31.3 Å². The number of hydrogen-bond acceptors (Lipinski definition) is 5. The summed E-state index contributed by atoms with van der Waals surface area (Å²) in [7, 11) is 0. The average Bonchev–Trinajstić information content (AvgIpc) is 2.83. The largest absolute Gasteiger partial charge is 0.375 e. The smallest absolute Gasteiger partial charge is 0.301 e. The second-order valence-electron chi connectivity index (χ2n) is 5.13. The van der Waals surface area contributed by atoms with Crippen LogP contribution >= 0.6 is 0 Å². The number of benzene rings is 1. The van der Waals surface area contributed by atoms with Crippen LogP contribution in [-0.2, 0) is 0 Å². The summed E-state index contributed by atoms with van der Waals surface area (Å²) in [4.78, 5) is 15.2. The van der Waals surface area contributed by atoms with Gasteiger partial charge in [0.25, 0.3) is 0 Å². The fourth-order valence-corrected chi connectivity index (χ4v) is 2.82. The molecule has 0 aliphatic heterocycles. The Hall–Kier alpha value is -2.21. The van der Waals surface area contributed by atoms with Crippen LogP contribution in [0.3, 0.4) is 0 Å². The van der Waals surface area contributed by atoms with Gasteiger partial charge in [-0.25, -0.2) is 0 Å². The fraction of sp³-hybridized carbons (Fsp3) is 0.357. The maximum Gasteiger partial charge on any atom is 0.301 e. The molecule has 2 atom stereocenters. The van der Waals surface area contributed by atoms with Gasteiger partial charge in [0.1, 0.15) is 5.69 Å². The van der Waals surface area contributed by atoms with E-state index in [1.165, 1.54) is 0 Å². The lowest BCUT2D eigenvalue weighted by Gasteiger charge is -2.18. The monoisotopic (exact) mass is 272 g/mol. The molecule has 1 aliphatic rings. The van der Waals surface area contributed by atoms with Crippen molar-refractivity contribution in [2.75, 3.05) is 5.32 Å². The predicted octanol–water partition coefficient (Wildman–Crippen LogP) is 2.43. The van der Waals surface area contributed by atoms with Crippen molar-refractivity contribution in [3.63, 3.8) is 0 Å². The Balaban J connectivity index is 2.06. The summed E-state index contributed by atoms with van der Waals surface area (Å²) in [5.41, 5.74) is 7.25. The summed E-state index contributed by atoms with van der Waals surface area (Å²) in [6.45, 7) is 0. The van der Waals surface area contributed by atoms with Crippen molar-refractivity contribution >= 4 is 22.3 Å². The molecule has 0 bridgehead atoms. The van der Waals surface area contributed by atoms with Crippen LogP contribution in [0.5, 0.6) is 0 Å². The molecule has 1 fully saturated rings. The summed E-state index contributed by atoms with van der Waals surface area (Å²) in [5.74, 6) is 0. The van der Waals surface area contributed by atoms with Crippen molar-refractivity contribution < 1.29 is 4.92 Å². The molecule has 6 nitrogen and oxygen atoms in total. The molecule has 3 rings (SSSR count). The fourth-order valence-electron chi connectivity index (χ4n) is 2.82. The van der Waals surface area contributed by atoms with Gasteiger partial charge in [0.05, 0.1) is 15.8 Å². The van der Waals surface area contributed by atoms with Crippen LogP contribution in [0.4, 0.5) is 11.4 Å². The summed E-state index contributed by atoms with van der Waals surface area (Å²) in [5, 5.41) is 15.2. The van der Waals surface area contributed by atoms with Crippen LogP contribution in [0.2, 0.25) is 0 Å². The third kappa shape index (κ3) is 2.18. The molecule has 1 aromatic carbocycles. The molecular formula is C14H16N4O2. The zero-order valence-electron chi connectivity index (χ0n) is 11.0. The van der Waals surface area contributed by atoms with Crippen LogP contribution < -0.4 is 11.1 Å². The topological polar surface area (TPSA) is 94.1 Å². The van der Waals surface area contributed by atoms with E-state index < -0.39 is 0 Å². The molecule has 0 amide bonds. The third-order valence-electron chi connectivity index (χ3n) is 3.85. The lowest BCUT2D eigenvalue weighted by Crippen LogP contribution is -2.35. The molecule has 0 spiro atoms. The number of aromatic nitrogens is 1. The maximum atomic E-state index is 11.4. The number of pyridine rings is 1. The number of nitrogens with one attached hydrogen (secondary N) is 1. The Labute approximate surface area is 116 Å². The lowest BCUT2D eigenvalue weighted by atomic mass is 10.1. The van der Waals surface area contributed by atoms with Gasteiger partial charge in [-0.3, -0.25) is 15.1 Å². The van der Waals surface area contributed by atoms with Gasteiger partial charge in [0.15, 0.2) is 0 Å². The van der Waals surface area contributed by atoms with Gasteiger partial charge in [-0.05, 0) is 43.5 Å². The molecule has 104 valence electrons. The zero-order valence-corrected chi connectivity index (χ0v) is 11.0. The molecule has 20 heavy (non-hydrogen) atoms. The highest BCUT2D eigenvalue weighted by Crippen LogP contribution is 2.34. The quantitative estimate of drug-likeness (QED) is 0.661. The highest BCUT2D eigenvalue weighted by atomic mass is 16.6. The number of anilines is 1.